The fourth-order valence-corrected chi connectivity index (χ4v) is 0.720. The molecule has 0 fully saturated rings. The van der Waals surface area contributed by atoms with E-state index < -0.39 is 0 Å². The van der Waals surface area contributed by atoms with Crippen molar-refractivity contribution >= 4 is 25.4 Å². The van der Waals surface area contributed by atoms with Crippen molar-refractivity contribution in [3.8, 4) is 0 Å². The summed E-state index contributed by atoms with van der Waals surface area (Å²) in [4.78, 5) is 0. The molecule has 0 radical (unpaired) electrons. The summed E-state index contributed by atoms with van der Waals surface area (Å²) >= 11 is 1.74. The van der Waals surface area contributed by atoms with Crippen molar-refractivity contribution in [1.82, 2.24) is 0 Å². The molecule has 0 saturated carbocycles. The van der Waals surface area contributed by atoms with Gasteiger partial charge in [-0.1, -0.05) is 0 Å². The second kappa shape index (κ2) is 4.09. The van der Waals surface area contributed by atoms with Crippen LogP contribution in [-0.2, 0) is 0 Å². The van der Waals surface area contributed by atoms with Crippen molar-refractivity contribution in [2.75, 3.05) is 0 Å². The Morgan fingerprint density at radius 2 is 1.56 bits per heavy atom. The summed E-state index contributed by atoms with van der Waals surface area (Å²) in [5, 5.41) is 0. The minimum Gasteiger partial charge on any atom is -1.00 e. The van der Waals surface area contributed by atoms with Crippen LogP contribution in [0.5, 0.6) is 0 Å². The Morgan fingerprint density at radius 3 is 1.89 bits per heavy atom. The minimum atomic E-state index is -0.166. The van der Waals surface area contributed by atoms with Crippen LogP contribution in [0.4, 0.5) is 4.39 Å². The van der Waals surface area contributed by atoms with E-state index in [2.05, 4.69) is 0 Å². The largest absolute Gasteiger partial charge is 1.00 e. The van der Waals surface area contributed by atoms with Crippen molar-refractivity contribution < 1.29 is 16.8 Å². The third-order valence-corrected chi connectivity index (χ3v) is 1.38. The number of halogens is 2. The number of hydrogen-bond donors (Lipinski definition) is 0. The molecule has 1 aromatic rings. The molecule has 0 heterocycles. The predicted molar refractivity (Wildman–Crippen MR) is 31.8 cm³/mol. The standard InChI is InChI=1S/C6H4F.ClH.Mg/c7-6-4-2-1-3-5-6;;/h2-5H;1H;/q;;+1/p-1. The van der Waals surface area contributed by atoms with Crippen molar-refractivity contribution in [3.63, 3.8) is 0 Å². The van der Waals surface area contributed by atoms with Gasteiger partial charge in [0.2, 0.25) is 0 Å². The topological polar surface area (TPSA) is 0 Å². The van der Waals surface area contributed by atoms with Crippen LogP contribution in [0.1, 0.15) is 0 Å². The third kappa shape index (κ3) is 3.03. The smallest absolute Gasteiger partial charge is 1.00 e. The first kappa shape index (κ1) is 9.21. The van der Waals surface area contributed by atoms with Crippen LogP contribution >= 0.6 is 0 Å². The maximum absolute atomic E-state index is 12.1. The number of hydrogen-bond acceptors (Lipinski definition) is 0. The molecule has 0 spiro atoms. The second-order valence-electron chi connectivity index (χ2n) is 1.63. The molecule has 3 heteroatoms. The van der Waals surface area contributed by atoms with E-state index in [0.717, 1.165) is 3.69 Å². The Kier molecular flexibility index (Phi) is 4.18. The quantitative estimate of drug-likeness (QED) is 0.367. The fraction of sp³-hybridized carbons (Fsp3) is 0. The monoisotopic (exact) mass is 154 g/mol. The normalized spacial score (nSPS) is 8.33. The average molecular weight is 155 g/mol. The van der Waals surface area contributed by atoms with Gasteiger partial charge in [-0.15, -0.1) is 0 Å². The second-order valence-corrected chi connectivity index (χ2v) is 2.44. The molecular weight excluding hydrogens is 151 g/mol. The summed E-state index contributed by atoms with van der Waals surface area (Å²) in [5.74, 6) is -0.166. The first-order valence-electron chi connectivity index (χ1n) is 2.36. The zero-order chi connectivity index (χ0) is 5.98. The summed E-state index contributed by atoms with van der Waals surface area (Å²) in [5.41, 5.74) is 0. The molecule has 44 valence electrons. The average Bonchev–Trinajstić information content (AvgIpc) is 1.77. The Hall–Kier alpha value is 0.206. The molecule has 0 atom stereocenters. The van der Waals surface area contributed by atoms with Crippen LogP contribution in [0.2, 0.25) is 0 Å². The molecule has 1 aromatic carbocycles. The van der Waals surface area contributed by atoms with E-state index >= 15 is 0 Å². The van der Waals surface area contributed by atoms with Crippen LogP contribution in [0.25, 0.3) is 0 Å². The van der Waals surface area contributed by atoms with Crippen molar-refractivity contribution in [3.05, 3.63) is 30.1 Å². The van der Waals surface area contributed by atoms with E-state index in [1.54, 1.807) is 33.8 Å². The number of benzene rings is 1. The van der Waals surface area contributed by atoms with Crippen LogP contribution in [0, 0.1) is 5.82 Å². The molecule has 1 rings (SSSR count). The maximum atomic E-state index is 12.1. The molecule has 0 N–H and O–H groups in total. The van der Waals surface area contributed by atoms with E-state index in [-0.39, 0.29) is 18.2 Å². The molecule has 0 aliphatic carbocycles. The summed E-state index contributed by atoms with van der Waals surface area (Å²) in [7, 11) is 0. The van der Waals surface area contributed by atoms with E-state index in [9.17, 15) is 4.39 Å². The first-order chi connectivity index (χ1) is 3.79. The summed E-state index contributed by atoms with van der Waals surface area (Å²) < 4.78 is 13.2. The minimum absolute atomic E-state index is 0. The zero-order valence-electron chi connectivity index (χ0n) is 4.77. The van der Waals surface area contributed by atoms with Crippen LogP contribution in [0.3, 0.4) is 0 Å². The van der Waals surface area contributed by atoms with Gasteiger partial charge in [-0.25, -0.2) is 0 Å². The van der Waals surface area contributed by atoms with E-state index in [1.807, 2.05) is 0 Å². The molecule has 0 amide bonds. The van der Waals surface area contributed by atoms with Gasteiger partial charge in [0.05, 0.1) is 0 Å². The van der Waals surface area contributed by atoms with Gasteiger partial charge in [-0.2, -0.15) is 0 Å². The number of rotatable bonds is 0. The zero-order valence-corrected chi connectivity index (χ0v) is 6.94. The Balaban J connectivity index is 0.000000640. The van der Waals surface area contributed by atoms with Crippen LogP contribution < -0.4 is 16.1 Å². The molecule has 0 unspecified atom stereocenters. The van der Waals surface area contributed by atoms with Crippen molar-refractivity contribution in [2.24, 2.45) is 0 Å². The Morgan fingerprint density at radius 1 is 1.11 bits per heavy atom. The van der Waals surface area contributed by atoms with Gasteiger partial charge in [-0.3, -0.25) is 0 Å². The van der Waals surface area contributed by atoms with Gasteiger partial charge in [0.15, 0.2) is 0 Å². The molecule has 0 bridgehead atoms. The molecule has 0 aromatic heterocycles. The van der Waals surface area contributed by atoms with E-state index in [0.29, 0.717) is 0 Å². The van der Waals surface area contributed by atoms with Gasteiger partial charge < -0.3 is 12.4 Å². The van der Waals surface area contributed by atoms with Crippen molar-refractivity contribution in [2.45, 2.75) is 0 Å². The van der Waals surface area contributed by atoms with Gasteiger partial charge in [0.25, 0.3) is 0 Å². The van der Waals surface area contributed by atoms with Gasteiger partial charge in [0.1, 0.15) is 0 Å². The van der Waals surface area contributed by atoms with Gasteiger partial charge >= 0.3 is 59.9 Å². The van der Waals surface area contributed by atoms with E-state index in [4.69, 9.17) is 0 Å². The molecule has 0 saturated heterocycles. The van der Waals surface area contributed by atoms with Crippen LogP contribution in [0.15, 0.2) is 24.3 Å². The molecule has 0 aliphatic heterocycles. The summed E-state index contributed by atoms with van der Waals surface area (Å²) in [6, 6.07) is 6.44. The third-order valence-electron chi connectivity index (χ3n) is 0.913. The molecular formula is C6H4ClFMg. The van der Waals surface area contributed by atoms with Crippen molar-refractivity contribution in [1.29, 1.82) is 0 Å². The summed E-state index contributed by atoms with van der Waals surface area (Å²) in [6.45, 7) is 0. The Labute approximate surface area is 72.3 Å². The Bertz CT molecular complexity index is 152. The SMILES string of the molecule is Fc1cc[c]([Mg+])cc1.[Cl-]. The maximum Gasteiger partial charge on any atom is -1.00 e. The van der Waals surface area contributed by atoms with Gasteiger partial charge in [-0.05, 0) is 0 Å². The first-order valence-corrected chi connectivity index (χ1v) is 3.07. The molecule has 0 aliphatic rings. The summed E-state index contributed by atoms with van der Waals surface area (Å²) in [6.07, 6.45) is 0. The fourth-order valence-electron chi connectivity index (χ4n) is 0.484. The van der Waals surface area contributed by atoms with Gasteiger partial charge in [0, 0.05) is 0 Å². The predicted octanol–water partition coefficient (Wildman–Crippen LogP) is -2.38. The molecule has 0 nitrogen and oxygen atoms in total. The van der Waals surface area contributed by atoms with Crippen LogP contribution in [-0.4, -0.2) is 21.7 Å². The van der Waals surface area contributed by atoms with E-state index in [1.165, 1.54) is 12.1 Å². The molecule has 9 heavy (non-hydrogen) atoms.